The smallest absolute Gasteiger partial charge is 0.222 e. The van der Waals surface area contributed by atoms with Gasteiger partial charge in [0.2, 0.25) is 5.91 Å². The molecule has 0 fully saturated rings. The van der Waals surface area contributed by atoms with E-state index in [1.165, 1.54) is 6.42 Å². The first-order valence-corrected chi connectivity index (χ1v) is 7.14. The summed E-state index contributed by atoms with van der Waals surface area (Å²) in [5.41, 5.74) is -0.181. The molecule has 1 amide bonds. The summed E-state index contributed by atoms with van der Waals surface area (Å²) in [6, 6.07) is 0. The number of ether oxygens (including phenoxy) is 1. The molecule has 0 heterocycles. The van der Waals surface area contributed by atoms with Crippen LogP contribution in [-0.2, 0) is 9.53 Å². The van der Waals surface area contributed by atoms with Crippen LogP contribution in [0.5, 0.6) is 0 Å². The van der Waals surface area contributed by atoms with Crippen LogP contribution in [0, 0.1) is 11.8 Å². The first-order chi connectivity index (χ1) is 8.24. The van der Waals surface area contributed by atoms with Gasteiger partial charge in [0, 0.05) is 24.7 Å². The molecule has 0 bridgehead atoms. The summed E-state index contributed by atoms with van der Waals surface area (Å²) in [4.78, 5) is 11.6. The van der Waals surface area contributed by atoms with Gasteiger partial charge in [-0.2, -0.15) is 0 Å². The molecule has 0 unspecified atom stereocenters. The molecule has 0 aromatic heterocycles. The standard InChI is InChI=1S/C15H31NO2/c1-12(2)8-7-10-18-11-9-15(5,6)16-14(17)13(3)4/h12-13H,7-11H2,1-6H3,(H,16,17). The minimum Gasteiger partial charge on any atom is -0.381 e. The molecule has 0 rings (SSSR count). The van der Waals surface area contributed by atoms with Gasteiger partial charge in [0.25, 0.3) is 0 Å². The highest BCUT2D eigenvalue weighted by Gasteiger charge is 2.21. The van der Waals surface area contributed by atoms with Crippen LogP contribution in [0.15, 0.2) is 0 Å². The van der Waals surface area contributed by atoms with E-state index in [1.807, 2.05) is 27.7 Å². The number of hydrogen-bond acceptors (Lipinski definition) is 2. The van der Waals surface area contributed by atoms with Gasteiger partial charge in [-0.1, -0.05) is 27.7 Å². The largest absolute Gasteiger partial charge is 0.381 e. The van der Waals surface area contributed by atoms with Crippen LogP contribution < -0.4 is 5.32 Å². The summed E-state index contributed by atoms with van der Waals surface area (Å²) in [6.07, 6.45) is 3.19. The van der Waals surface area contributed by atoms with Gasteiger partial charge in [-0.05, 0) is 39.0 Å². The fourth-order valence-corrected chi connectivity index (χ4v) is 1.56. The van der Waals surface area contributed by atoms with Gasteiger partial charge in [0.15, 0.2) is 0 Å². The van der Waals surface area contributed by atoms with Crippen LogP contribution in [-0.4, -0.2) is 24.7 Å². The highest BCUT2D eigenvalue weighted by atomic mass is 16.5. The Morgan fingerprint density at radius 1 is 1.17 bits per heavy atom. The second kappa shape index (κ2) is 8.52. The molecule has 3 nitrogen and oxygen atoms in total. The zero-order valence-electron chi connectivity index (χ0n) is 13.0. The van der Waals surface area contributed by atoms with Crippen molar-refractivity contribution < 1.29 is 9.53 Å². The fourth-order valence-electron chi connectivity index (χ4n) is 1.56. The van der Waals surface area contributed by atoms with Crippen LogP contribution in [0.4, 0.5) is 0 Å². The SMILES string of the molecule is CC(C)CCCOCCC(C)(C)NC(=O)C(C)C. The van der Waals surface area contributed by atoms with Crippen LogP contribution in [0.25, 0.3) is 0 Å². The highest BCUT2D eigenvalue weighted by molar-refractivity contribution is 5.78. The van der Waals surface area contributed by atoms with E-state index in [-0.39, 0.29) is 17.4 Å². The van der Waals surface area contributed by atoms with E-state index in [0.717, 1.165) is 25.4 Å². The highest BCUT2D eigenvalue weighted by Crippen LogP contribution is 2.10. The number of rotatable bonds is 9. The Hall–Kier alpha value is -0.570. The summed E-state index contributed by atoms with van der Waals surface area (Å²) in [6.45, 7) is 13.9. The first-order valence-electron chi connectivity index (χ1n) is 7.14. The molecule has 0 atom stereocenters. The normalized spacial score (nSPS) is 12.2. The molecular formula is C15H31NO2. The van der Waals surface area contributed by atoms with Crippen molar-refractivity contribution in [2.45, 2.75) is 66.3 Å². The third-order valence-electron chi connectivity index (χ3n) is 2.93. The van der Waals surface area contributed by atoms with E-state index in [0.29, 0.717) is 6.61 Å². The Bertz CT molecular complexity index is 235. The summed E-state index contributed by atoms with van der Waals surface area (Å²) in [5.74, 6) is 0.895. The zero-order chi connectivity index (χ0) is 14.2. The van der Waals surface area contributed by atoms with Gasteiger partial charge < -0.3 is 10.1 Å². The molecule has 0 aromatic carbocycles. The van der Waals surface area contributed by atoms with E-state index in [2.05, 4.69) is 19.2 Å². The van der Waals surface area contributed by atoms with Crippen molar-refractivity contribution in [3.05, 3.63) is 0 Å². The number of carbonyl (C=O) groups is 1. The van der Waals surface area contributed by atoms with Crippen molar-refractivity contribution in [3.63, 3.8) is 0 Å². The maximum atomic E-state index is 11.6. The van der Waals surface area contributed by atoms with Crippen molar-refractivity contribution in [3.8, 4) is 0 Å². The lowest BCUT2D eigenvalue weighted by molar-refractivity contribution is -0.125. The monoisotopic (exact) mass is 257 g/mol. The summed E-state index contributed by atoms with van der Waals surface area (Å²) < 4.78 is 5.61. The Balaban J connectivity index is 3.67. The molecule has 3 heteroatoms. The second-order valence-electron chi connectivity index (χ2n) is 6.43. The van der Waals surface area contributed by atoms with Gasteiger partial charge in [-0.3, -0.25) is 4.79 Å². The van der Waals surface area contributed by atoms with Crippen molar-refractivity contribution in [2.24, 2.45) is 11.8 Å². The molecule has 1 N–H and O–H groups in total. The van der Waals surface area contributed by atoms with Crippen LogP contribution in [0.2, 0.25) is 0 Å². The van der Waals surface area contributed by atoms with Gasteiger partial charge in [0.1, 0.15) is 0 Å². The summed E-state index contributed by atoms with van der Waals surface area (Å²) in [7, 11) is 0. The molecule has 0 aliphatic heterocycles. The van der Waals surface area contributed by atoms with E-state index in [9.17, 15) is 4.79 Å². The Labute approximate surface area is 113 Å². The first kappa shape index (κ1) is 17.4. The molecule has 0 aliphatic carbocycles. The van der Waals surface area contributed by atoms with Crippen molar-refractivity contribution in [2.75, 3.05) is 13.2 Å². The van der Waals surface area contributed by atoms with Crippen LogP contribution >= 0.6 is 0 Å². The third kappa shape index (κ3) is 9.46. The minimum atomic E-state index is -0.181. The number of hydrogen-bond donors (Lipinski definition) is 1. The number of nitrogens with one attached hydrogen (secondary N) is 1. The molecule has 18 heavy (non-hydrogen) atoms. The van der Waals surface area contributed by atoms with E-state index in [1.54, 1.807) is 0 Å². The maximum absolute atomic E-state index is 11.6. The Morgan fingerprint density at radius 2 is 1.78 bits per heavy atom. The quantitative estimate of drug-likeness (QED) is 0.643. The minimum absolute atomic E-state index is 0.0382. The Kier molecular flexibility index (Phi) is 8.25. The molecule has 0 radical (unpaired) electrons. The van der Waals surface area contributed by atoms with Gasteiger partial charge >= 0.3 is 0 Å². The van der Waals surface area contributed by atoms with Crippen LogP contribution in [0.3, 0.4) is 0 Å². The predicted molar refractivity (Wildman–Crippen MR) is 76.6 cm³/mol. The van der Waals surface area contributed by atoms with Crippen molar-refractivity contribution in [1.29, 1.82) is 0 Å². The van der Waals surface area contributed by atoms with Gasteiger partial charge in [-0.15, -0.1) is 0 Å². The van der Waals surface area contributed by atoms with E-state index < -0.39 is 0 Å². The van der Waals surface area contributed by atoms with E-state index >= 15 is 0 Å². The van der Waals surface area contributed by atoms with Crippen molar-refractivity contribution >= 4 is 5.91 Å². The summed E-state index contributed by atoms with van der Waals surface area (Å²) >= 11 is 0. The van der Waals surface area contributed by atoms with E-state index in [4.69, 9.17) is 4.74 Å². The average Bonchev–Trinajstić information content (AvgIpc) is 2.21. The molecule has 0 spiro atoms. The predicted octanol–water partition coefficient (Wildman–Crippen LogP) is 3.38. The van der Waals surface area contributed by atoms with Crippen molar-refractivity contribution in [1.82, 2.24) is 5.32 Å². The Morgan fingerprint density at radius 3 is 2.28 bits per heavy atom. The van der Waals surface area contributed by atoms with Gasteiger partial charge in [-0.25, -0.2) is 0 Å². The van der Waals surface area contributed by atoms with Crippen LogP contribution in [0.1, 0.15) is 60.8 Å². The molecule has 0 aliphatic rings. The summed E-state index contributed by atoms with van der Waals surface area (Å²) in [5, 5.41) is 3.05. The lowest BCUT2D eigenvalue weighted by Crippen LogP contribution is -2.45. The number of amides is 1. The number of carbonyl (C=O) groups excluding carboxylic acids is 1. The molecule has 0 aromatic rings. The topological polar surface area (TPSA) is 38.3 Å². The molecule has 108 valence electrons. The fraction of sp³-hybridized carbons (Fsp3) is 0.933. The average molecular weight is 257 g/mol. The lowest BCUT2D eigenvalue weighted by atomic mass is 10.00. The zero-order valence-corrected chi connectivity index (χ0v) is 13.0. The lowest BCUT2D eigenvalue weighted by Gasteiger charge is -2.27. The molecule has 0 saturated carbocycles. The van der Waals surface area contributed by atoms with Gasteiger partial charge in [0.05, 0.1) is 0 Å². The second-order valence-corrected chi connectivity index (χ2v) is 6.43. The third-order valence-corrected chi connectivity index (χ3v) is 2.93. The maximum Gasteiger partial charge on any atom is 0.222 e. The molecule has 0 saturated heterocycles. The molecular weight excluding hydrogens is 226 g/mol.